The second kappa shape index (κ2) is 7.41. The maximum absolute atomic E-state index is 2.70. The minimum absolute atomic E-state index is 1.10. The van der Waals surface area contributed by atoms with Gasteiger partial charge in [-0.05, 0) is 0 Å². The first-order valence-corrected chi connectivity index (χ1v) is 20.7. The van der Waals surface area contributed by atoms with E-state index in [1.54, 1.807) is 8.79 Å². The van der Waals surface area contributed by atoms with Crippen molar-refractivity contribution in [2.75, 3.05) is 0 Å². The van der Waals surface area contributed by atoms with Crippen molar-refractivity contribution in [3.05, 3.63) is 60.7 Å². The molecular formula is C13H12GeI3Si. The van der Waals surface area contributed by atoms with Gasteiger partial charge in [-0.15, -0.1) is 0 Å². The van der Waals surface area contributed by atoms with Gasteiger partial charge in [-0.3, -0.25) is 0 Å². The third kappa shape index (κ3) is 5.06. The van der Waals surface area contributed by atoms with Crippen LogP contribution < -0.4 is 8.79 Å². The number of benzene rings is 2. The Kier molecular flexibility index (Phi) is 6.50. The molecule has 0 heterocycles. The summed E-state index contributed by atoms with van der Waals surface area (Å²) < 4.78 is 2.10. The Bertz CT molecular complexity index is 445. The summed E-state index contributed by atoms with van der Waals surface area (Å²) in [6.07, 6.45) is 0. The zero-order valence-electron chi connectivity index (χ0n) is 9.61. The van der Waals surface area contributed by atoms with E-state index in [2.05, 4.69) is 126 Å². The first kappa shape index (κ1) is 15.8. The van der Waals surface area contributed by atoms with Crippen LogP contribution in [0.25, 0.3) is 0 Å². The topological polar surface area (TPSA) is 0 Å². The van der Waals surface area contributed by atoms with Gasteiger partial charge in [-0.25, -0.2) is 0 Å². The number of rotatable bonds is 4. The molecule has 0 spiro atoms. The van der Waals surface area contributed by atoms with Crippen LogP contribution in [0, 0.1) is 0 Å². The predicted octanol–water partition coefficient (Wildman–Crippen LogP) is 4.08. The van der Waals surface area contributed by atoms with Crippen molar-refractivity contribution in [1.29, 1.82) is 0 Å². The molecule has 2 aromatic carbocycles. The Labute approximate surface area is 152 Å². The van der Waals surface area contributed by atoms with Crippen LogP contribution in [-0.2, 0) is 0 Å². The predicted molar refractivity (Wildman–Crippen MR) is 111 cm³/mol. The molecule has 0 atom stereocenters. The molecule has 0 aromatic heterocycles. The third-order valence-corrected chi connectivity index (χ3v) is 30.3. The first-order chi connectivity index (χ1) is 8.56. The van der Waals surface area contributed by atoms with Crippen molar-refractivity contribution < 1.29 is 0 Å². The van der Waals surface area contributed by atoms with Gasteiger partial charge in [-0.1, -0.05) is 0 Å². The maximum atomic E-state index is 2.70. The molecule has 0 bridgehead atoms. The van der Waals surface area contributed by atoms with E-state index in [0.717, 1.165) is 0 Å². The van der Waals surface area contributed by atoms with Gasteiger partial charge in [0.2, 0.25) is 0 Å². The van der Waals surface area contributed by atoms with Crippen LogP contribution in [0.3, 0.4) is 0 Å². The van der Waals surface area contributed by atoms with E-state index in [0.29, 0.717) is 0 Å². The Hall–Kier alpha value is 1.39. The second-order valence-corrected chi connectivity index (χ2v) is 47.4. The van der Waals surface area contributed by atoms with Crippen molar-refractivity contribution in [1.82, 2.24) is 0 Å². The molecule has 0 aliphatic carbocycles. The minimum atomic E-state index is -1.35. The van der Waals surface area contributed by atoms with Gasteiger partial charge in [0.15, 0.2) is 0 Å². The summed E-state index contributed by atoms with van der Waals surface area (Å²) >= 11 is 6.75. The van der Waals surface area contributed by atoms with E-state index in [9.17, 15) is 0 Å². The SMILES string of the molecule is I[Si](I)(I)[CH2][Ge]([c]1ccccc1)[c]1ccccc1. The Balaban J connectivity index is 2.36. The van der Waals surface area contributed by atoms with Crippen LogP contribution in [0.1, 0.15) is 0 Å². The first-order valence-electron chi connectivity index (χ1n) is 5.60. The number of halogens is 3. The summed E-state index contributed by atoms with van der Waals surface area (Å²) in [4.78, 5) is 1.43. The molecule has 5 heteroatoms. The molecule has 0 saturated carbocycles. The zero-order valence-corrected chi connectivity index (χ0v) is 19.2. The van der Waals surface area contributed by atoms with Crippen molar-refractivity contribution in [2.45, 2.75) is 4.88 Å². The molecular weight excluding hydrogens is 638 g/mol. The van der Waals surface area contributed by atoms with Crippen molar-refractivity contribution in [2.24, 2.45) is 0 Å². The van der Waals surface area contributed by atoms with E-state index in [-0.39, 0.29) is 0 Å². The molecule has 93 valence electrons. The Morgan fingerprint density at radius 3 is 1.44 bits per heavy atom. The van der Waals surface area contributed by atoms with Crippen LogP contribution in [0.5, 0.6) is 0 Å². The van der Waals surface area contributed by atoms with Crippen LogP contribution in [0.15, 0.2) is 60.7 Å². The number of hydrogen-bond acceptors (Lipinski definition) is 0. The van der Waals surface area contributed by atoms with Gasteiger partial charge in [0, 0.05) is 0 Å². The van der Waals surface area contributed by atoms with E-state index < -0.39 is 14.9 Å². The van der Waals surface area contributed by atoms with E-state index in [1.807, 2.05) is 0 Å². The molecule has 0 aliphatic rings. The molecule has 2 aromatic rings. The Morgan fingerprint density at radius 1 is 0.722 bits per heavy atom. The molecule has 2 rings (SSSR count). The quantitative estimate of drug-likeness (QED) is 0.266. The molecule has 0 unspecified atom stereocenters. The summed E-state index contributed by atoms with van der Waals surface area (Å²) in [5.41, 5.74) is 0. The molecule has 0 aliphatic heterocycles. The van der Waals surface area contributed by atoms with Crippen LogP contribution in [0.4, 0.5) is 0 Å². The van der Waals surface area contributed by atoms with Gasteiger partial charge in [0.1, 0.15) is 0 Å². The van der Waals surface area contributed by atoms with E-state index in [4.69, 9.17) is 0 Å². The van der Waals surface area contributed by atoms with Crippen molar-refractivity contribution >= 4 is 89.1 Å². The molecule has 0 N–H and O–H groups in total. The number of hydrogen-bond donors (Lipinski definition) is 0. The van der Waals surface area contributed by atoms with Gasteiger partial charge < -0.3 is 0 Å². The van der Waals surface area contributed by atoms with Crippen LogP contribution in [-0.4, -0.2) is 14.9 Å². The molecule has 0 fully saturated rings. The average Bonchev–Trinajstić information content (AvgIpc) is 2.37. The van der Waals surface area contributed by atoms with Crippen molar-refractivity contribution in [3.63, 3.8) is 0 Å². The standard InChI is InChI=1S/C13H12GeI3Si/c15-18(16,17)11-14(12-7-3-1-4-8-12)13-9-5-2-6-10-13/h1-10H,11H2. The third-order valence-electron chi connectivity index (χ3n) is 2.62. The van der Waals surface area contributed by atoms with Gasteiger partial charge in [-0.2, -0.15) is 0 Å². The van der Waals surface area contributed by atoms with E-state index >= 15 is 0 Å². The monoisotopic (exact) mass is 651 g/mol. The van der Waals surface area contributed by atoms with Gasteiger partial charge >= 0.3 is 155 Å². The summed E-state index contributed by atoms with van der Waals surface area (Å²) in [5, 5.41) is 0. The fourth-order valence-electron chi connectivity index (χ4n) is 1.85. The van der Waals surface area contributed by atoms with Crippen LogP contribution >= 0.6 is 65.4 Å². The molecule has 0 nitrogen and oxygen atoms in total. The summed E-state index contributed by atoms with van der Waals surface area (Å²) in [6.45, 7) is 0. The molecule has 18 heavy (non-hydrogen) atoms. The molecule has 1 radical (unpaired) electrons. The summed E-state index contributed by atoms with van der Waals surface area (Å²) in [5.74, 6) is 0. The average molecular weight is 650 g/mol. The van der Waals surface area contributed by atoms with Gasteiger partial charge in [0.05, 0.1) is 0 Å². The molecule has 0 saturated heterocycles. The fourth-order valence-corrected chi connectivity index (χ4v) is 28.8. The van der Waals surface area contributed by atoms with Gasteiger partial charge in [0.25, 0.3) is 0 Å². The van der Waals surface area contributed by atoms with Crippen LogP contribution in [0.2, 0.25) is 4.88 Å². The summed E-state index contributed by atoms with van der Waals surface area (Å²) in [6, 6.07) is 22.3. The summed E-state index contributed by atoms with van der Waals surface area (Å²) in [7, 11) is 0. The van der Waals surface area contributed by atoms with E-state index in [1.165, 1.54) is 4.88 Å². The fraction of sp³-hybridized carbons (Fsp3) is 0.0769. The van der Waals surface area contributed by atoms with Crippen molar-refractivity contribution in [3.8, 4) is 0 Å². The second-order valence-electron chi connectivity index (χ2n) is 4.00. The molecule has 0 amide bonds. The zero-order chi connectivity index (χ0) is 13.0. The Morgan fingerprint density at radius 2 is 1.11 bits per heavy atom. The normalized spacial score (nSPS) is 11.8.